The number of pyridine rings is 1. The van der Waals surface area contributed by atoms with Gasteiger partial charge in [-0.05, 0) is 29.8 Å². The maximum atomic E-state index is 12.9. The number of nitrogens with zero attached hydrogens (tertiary/aromatic N) is 2. The van der Waals surface area contributed by atoms with Crippen LogP contribution >= 0.6 is 0 Å². The minimum Gasteiger partial charge on any atom is -0.488 e. The number of fused-ring (bicyclic) bond motifs is 1. The van der Waals surface area contributed by atoms with Gasteiger partial charge < -0.3 is 9.47 Å². The van der Waals surface area contributed by atoms with E-state index >= 15 is 0 Å². The van der Waals surface area contributed by atoms with Crippen LogP contribution in [0.5, 0.6) is 11.5 Å². The molecule has 148 valence electrons. The van der Waals surface area contributed by atoms with Gasteiger partial charge in [-0.25, -0.2) is 4.79 Å². The highest BCUT2D eigenvalue weighted by Crippen LogP contribution is 2.35. The highest BCUT2D eigenvalue weighted by atomic mass is 16.6. The highest BCUT2D eigenvalue weighted by Gasteiger charge is 2.24. The second-order valence-corrected chi connectivity index (χ2v) is 6.41. The second kappa shape index (κ2) is 8.40. The summed E-state index contributed by atoms with van der Waals surface area (Å²) < 4.78 is 11.3. The Morgan fingerprint density at radius 3 is 2.50 bits per heavy atom. The smallest absolute Gasteiger partial charge is 0.347 e. The molecular weight excluding hydrogens is 384 g/mol. The van der Waals surface area contributed by atoms with Gasteiger partial charge in [-0.1, -0.05) is 48.5 Å². The molecule has 30 heavy (non-hydrogen) atoms. The fourth-order valence-electron chi connectivity index (χ4n) is 3.00. The van der Waals surface area contributed by atoms with Crippen LogP contribution in [-0.2, 0) is 6.61 Å². The molecule has 7 nitrogen and oxygen atoms in total. The number of nitro benzene ring substituents is 1. The van der Waals surface area contributed by atoms with E-state index in [1.807, 2.05) is 30.3 Å². The van der Waals surface area contributed by atoms with Gasteiger partial charge in [0.05, 0.1) is 4.92 Å². The van der Waals surface area contributed by atoms with Crippen molar-refractivity contribution in [2.75, 3.05) is 0 Å². The molecule has 4 rings (SSSR count). The van der Waals surface area contributed by atoms with Crippen molar-refractivity contribution in [1.82, 2.24) is 4.98 Å². The molecule has 0 spiro atoms. The first kappa shape index (κ1) is 19.1. The van der Waals surface area contributed by atoms with Gasteiger partial charge in [0.15, 0.2) is 0 Å². The van der Waals surface area contributed by atoms with E-state index in [0.717, 1.165) is 5.56 Å². The summed E-state index contributed by atoms with van der Waals surface area (Å²) in [7, 11) is 0. The van der Waals surface area contributed by atoms with Crippen molar-refractivity contribution in [2.45, 2.75) is 6.61 Å². The number of esters is 1. The number of carbonyl (C=O) groups excluding carboxylic acids is 1. The number of hydrogen-bond donors (Lipinski definition) is 0. The molecule has 0 radical (unpaired) electrons. The topological polar surface area (TPSA) is 91.6 Å². The molecule has 0 saturated heterocycles. The number of para-hydroxylation sites is 1. The Labute approximate surface area is 171 Å². The monoisotopic (exact) mass is 400 g/mol. The molecule has 3 aromatic carbocycles. The van der Waals surface area contributed by atoms with Crippen LogP contribution in [0.2, 0.25) is 0 Å². The number of carbonyl (C=O) groups is 1. The summed E-state index contributed by atoms with van der Waals surface area (Å²) in [5.74, 6) is -0.636. The van der Waals surface area contributed by atoms with Crippen molar-refractivity contribution in [3.63, 3.8) is 0 Å². The van der Waals surface area contributed by atoms with Crippen molar-refractivity contribution in [2.24, 2.45) is 0 Å². The average molecular weight is 400 g/mol. The Morgan fingerprint density at radius 2 is 1.70 bits per heavy atom. The van der Waals surface area contributed by atoms with Gasteiger partial charge in [-0.15, -0.1) is 0 Å². The first-order chi connectivity index (χ1) is 14.6. The van der Waals surface area contributed by atoms with E-state index in [-0.39, 0.29) is 29.1 Å². The van der Waals surface area contributed by atoms with E-state index in [0.29, 0.717) is 11.1 Å². The predicted molar refractivity (Wildman–Crippen MR) is 111 cm³/mol. The van der Waals surface area contributed by atoms with Crippen molar-refractivity contribution < 1.29 is 19.2 Å². The lowest BCUT2D eigenvalue weighted by Crippen LogP contribution is -2.12. The first-order valence-electron chi connectivity index (χ1n) is 9.13. The van der Waals surface area contributed by atoms with Gasteiger partial charge in [0.2, 0.25) is 5.75 Å². The summed E-state index contributed by atoms with van der Waals surface area (Å²) in [6.45, 7) is 0.265. The molecule has 7 heteroatoms. The first-order valence-corrected chi connectivity index (χ1v) is 9.13. The number of rotatable bonds is 6. The molecule has 0 bridgehead atoms. The molecule has 1 aromatic heterocycles. The van der Waals surface area contributed by atoms with E-state index in [9.17, 15) is 14.9 Å². The van der Waals surface area contributed by atoms with E-state index in [4.69, 9.17) is 9.47 Å². The van der Waals surface area contributed by atoms with Crippen LogP contribution in [0.4, 0.5) is 5.69 Å². The molecule has 1 heterocycles. The minimum atomic E-state index is -0.764. The van der Waals surface area contributed by atoms with Gasteiger partial charge in [0.25, 0.3) is 0 Å². The van der Waals surface area contributed by atoms with Gasteiger partial charge in [0, 0.05) is 17.6 Å². The Morgan fingerprint density at radius 1 is 0.933 bits per heavy atom. The molecule has 0 atom stereocenters. The van der Waals surface area contributed by atoms with Crippen LogP contribution in [-0.4, -0.2) is 15.9 Å². The number of aromatic nitrogens is 1. The highest BCUT2D eigenvalue weighted by molar-refractivity contribution is 5.97. The molecule has 0 aliphatic carbocycles. The van der Waals surface area contributed by atoms with Gasteiger partial charge >= 0.3 is 11.7 Å². The SMILES string of the molecule is O=C(Oc1c([N+](=O)[O-])ccc2cccnc12)c1ccccc1OCc1ccccc1. The predicted octanol–water partition coefficient (Wildman–Crippen LogP) is 4.94. The van der Waals surface area contributed by atoms with Crippen LogP contribution in [0, 0.1) is 10.1 Å². The third kappa shape index (κ3) is 3.95. The van der Waals surface area contributed by atoms with Gasteiger partial charge in [-0.2, -0.15) is 0 Å². The van der Waals surface area contributed by atoms with Crippen LogP contribution < -0.4 is 9.47 Å². The largest absolute Gasteiger partial charge is 0.488 e. The Kier molecular flexibility index (Phi) is 5.34. The standard InChI is InChI=1S/C23H16N2O5/c26-23(18-10-4-5-11-20(18)29-15-16-7-2-1-3-8-16)30-22-19(25(27)28)13-12-17-9-6-14-24-21(17)22/h1-14H,15H2. The number of nitro groups is 1. The average Bonchev–Trinajstić information content (AvgIpc) is 2.78. The van der Waals surface area contributed by atoms with Crippen molar-refractivity contribution in [3.8, 4) is 11.5 Å². The Bertz CT molecular complexity index is 1220. The van der Waals surface area contributed by atoms with Crippen LogP contribution in [0.1, 0.15) is 15.9 Å². The lowest BCUT2D eigenvalue weighted by atomic mass is 10.1. The molecular formula is C23H16N2O5. The maximum absolute atomic E-state index is 12.9. The lowest BCUT2D eigenvalue weighted by molar-refractivity contribution is -0.385. The molecule has 0 amide bonds. The van der Waals surface area contributed by atoms with Crippen LogP contribution in [0.3, 0.4) is 0 Å². The fourth-order valence-corrected chi connectivity index (χ4v) is 3.00. The van der Waals surface area contributed by atoms with E-state index in [1.54, 1.807) is 42.5 Å². The van der Waals surface area contributed by atoms with Crippen LogP contribution in [0.15, 0.2) is 85.1 Å². The third-order valence-corrected chi connectivity index (χ3v) is 4.44. The summed E-state index contributed by atoms with van der Waals surface area (Å²) in [4.78, 5) is 27.9. The van der Waals surface area contributed by atoms with Crippen LogP contribution in [0.25, 0.3) is 10.9 Å². The molecule has 0 aliphatic heterocycles. The number of benzene rings is 3. The van der Waals surface area contributed by atoms with Crippen molar-refractivity contribution >= 4 is 22.6 Å². The summed E-state index contributed by atoms with van der Waals surface area (Å²) in [5, 5.41) is 12.1. The molecule has 0 N–H and O–H groups in total. The molecule has 0 fully saturated rings. The zero-order chi connectivity index (χ0) is 20.9. The second-order valence-electron chi connectivity index (χ2n) is 6.41. The zero-order valence-electron chi connectivity index (χ0n) is 15.7. The van der Waals surface area contributed by atoms with Crippen molar-refractivity contribution in [1.29, 1.82) is 0 Å². The maximum Gasteiger partial charge on any atom is 0.347 e. The number of hydrogen-bond acceptors (Lipinski definition) is 6. The quantitative estimate of drug-likeness (QED) is 0.197. The summed E-state index contributed by atoms with van der Waals surface area (Å²) in [5.41, 5.74) is 1.00. The Balaban J connectivity index is 1.65. The zero-order valence-corrected chi connectivity index (χ0v) is 15.7. The fraction of sp³-hybridized carbons (Fsp3) is 0.0435. The van der Waals surface area contributed by atoms with E-state index in [1.165, 1.54) is 12.3 Å². The molecule has 0 saturated carbocycles. The van der Waals surface area contributed by atoms with Gasteiger partial charge in [-0.3, -0.25) is 15.1 Å². The Hall–Kier alpha value is -4.26. The molecule has 0 unspecified atom stereocenters. The van der Waals surface area contributed by atoms with Gasteiger partial charge in [0.1, 0.15) is 23.4 Å². The minimum absolute atomic E-state index is 0.163. The van der Waals surface area contributed by atoms with E-state index in [2.05, 4.69) is 4.98 Å². The third-order valence-electron chi connectivity index (χ3n) is 4.44. The summed E-state index contributed by atoms with van der Waals surface area (Å²) in [6, 6.07) is 22.4. The summed E-state index contributed by atoms with van der Waals surface area (Å²) >= 11 is 0. The lowest BCUT2D eigenvalue weighted by Gasteiger charge is -2.12. The summed E-state index contributed by atoms with van der Waals surface area (Å²) in [6.07, 6.45) is 1.49. The normalized spacial score (nSPS) is 10.5. The van der Waals surface area contributed by atoms with Crippen molar-refractivity contribution in [3.05, 3.63) is 106 Å². The number of ether oxygens (including phenoxy) is 2. The van der Waals surface area contributed by atoms with E-state index < -0.39 is 10.9 Å². The molecule has 4 aromatic rings. The molecule has 0 aliphatic rings.